The maximum atomic E-state index is 11.3. The van der Waals surface area contributed by atoms with Gasteiger partial charge in [-0.05, 0) is 97.7 Å². The van der Waals surface area contributed by atoms with E-state index in [0.717, 1.165) is 44.9 Å². The minimum Gasteiger partial charge on any atom is -0.481 e. The summed E-state index contributed by atoms with van der Waals surface area (Å²) in [4.78, 5) is 11.1. The number of carboxylic acid groups (broad SMARTS) is 1. The van der Waals surface area contributed by atoms with Gasteiger partial charge in [-0.1, -0.05) is 20.8 Å². The van der Waals surface area contributed by atoms with Crippen molar-refractivity contribution in [2.75, 3.05) is 0 Å². The lowest BCUT2D eigenvalue weighted by molar-refractivity contribution is -0.223. The van der Waals surface area contributed by atoms with Crippen molar-refractivity contribution in [1.29, 1.82) is 0 Å². The molecule has 4 aliphatic carbocycles. The molecule has 0 bridgehead atoms. The van der Waals surface area contributed by atoms with Crippen molar-refractivity contribution in [2.45, 2.75) is 96.9 Å². The molecule has 4 saturated carbocycles. The number of fused-ring (bicyclic) bond motifs is 5. The molecule has 0 amide bonds. The first-order valence-corrected chi connectivity index (χ1v) is 11.9. The van der Waals surface area contributed by atoms with Gasteiger partial charge in [0.2, 0.25) is 0 Å². The third-order valence-electron chi connectivity index (χ3n) is 10.3. The summed E-state index contributed by atoms with van der Waals surface area (Å²) < 4.78 is 0. The van der Waals surface area contributed by atoms with Gasteiger partial charge in [0, 0.05) is 6.42 Å². The zero-order valence-corrected chi connectivity index (χ0v) is 18.3. The highest BCUT2D eigenvalue weighted by atomic mass is 16.4. The average molecular weight is 409 g/mol. The van der Waals surface area contributed by atoms with E-state index in [1.165, 1.54) is 0 Å². The number of hydrogen-bond acceptors (Lipinski definition) is 4. The lowest BCUT2D eigenvalue weighted by atomic mass is 9.43. The van der Waals surface area contributed by atoms with Crippen molar-refractivity contribution < 1.29 is 25.2 Å². The van der Waals surface area contributed by atoms with E-state index < -0.39 is 18.2 Å². The highest BCUT2D eigenvalue weighted by molar-refractivity contribution is 5.66. The largest absolute Gasteiger partial charge is 0.481 e. The Kier molecular flexibility index (Phi) is 5.57. The highest BCUT2D eigenvalue weighted by Crippen LogP contribution is 2.68. The smallest absolute Gasteiger partial charge is 0.303 e. The molecule has 11 atom stereocenters. The van der Waals surface area contributed by atoms with E-state index in [4.69, 9.17) is 5.11 Å². The van der Waals surface area contributed by atoms with Crippen LogP contribution in [0.1, 0.15) is 78.6 Å². The molecular formula is C24H40O5. The van der Waals surface area contributed by atoms with Gasteiger partial charge in [-0.2, -0.15) is 0 Å². The third-order valence-corrected chi connectivity index (χ3v) is 10.3. The van der Waals surface area contributed by atoms with Gasteiger partial charge in [-0.25, -0.2) is 0 Å². The Morgan fingerprint density at radius 1 is 0.931 bits per heavy atom. The molecule has 0 aromatic carbocycles. The van der Waals surface area contributed by atoms with E-state index in [1.807, 2.05) is 0 Å². The predicted octanol–water partition coefficient (Wildman–Crippen LogP) is 3.45. The van der Waals surface area contributed by atoms with Crippen LogP contribution in [0.15, 0.2) is 0 Å². The topological polar surface area (TPSA) is 98.0 Å². The predicted molar refractivity (Wildman–Crippen MR) is 110 cm³/mol. The SMILES string of the molecule is C[C@H](CCC(=O)O)[C@H]1CC[C@@H]2[C@H]3[C@H](O)[C@@H](O)[C@H]4C[C@H](O)CC[C@]4(C)[C@H]3CC[C@@]21C. The zero-order valence-electron chi connectivity index (χ0n) is 18.3. The number of aliphatic hydroxyl groups is 3. The van der Waals surface area contributed by atoms with Gasteiger partial charge in [-0.15, -0.1) is 0 Å². The fourth-order valence-electron chi connectivity index (χ4n) is 8.77. The third kappa shape index (κ3) is 3.27. The fraction of sp³-hybridized carbons (Fsp3) is 0.958. The number of aliphatic carboxylic acids is 1. The first-order valence-electron chi connectivity index (χ1n) is 11.9. The molecule has 4 fully saturated rings. The summed E-state index contributed by atoms with van der Waals surface area (Å²) in [6, 6.07) is 0. The average Bonchev–Trinajstić information content (AvgIpc) is 3.02. The lowest BCUT2D eigenvalue weighted by Crippen LogP contribution is -2.64. The molecular weight excluding hydrogens is 368 g/mol. The summed E-state index contributed by atoms with van der Waals surface area (Å²) in [6.45, 7) is 6.89. The molecule has 5 heteroatoms. The molecule has 5 nitrogen and oxygen atoms in total. The lowest BCUT2D eigenvalue weighted by Gasteiger charge is -2.63. The minimum absolute atomic E-state index is 0.00309. The number of rotatable bonds is 4. The molecule has 0 aromatic heterocycles. The summed E-state index contributed by atoms with van der Waals surface area (Å²) in [5.74, 6) is 1.06. The van der Waals surface area contributed by atoms with Crippen molar-refractivity contribution in [3.63, 3.8) is 0 Å². The minimum atomic E-state index is -0.748. The summed E-state index contributed by atoms with van der Waals surface area (Å²) in [5, 5.41) is 41.7. The van der Waals surface area contributed by atoms with E-state index in [2.05, 4.69) is 20.8 Å². The maximum absolute atomic E-state index is 11.3. The van der Waals surface area contributed by atoms with Crippen LogP contribution in [0.3, 0.4) is 0 Å². The molecule has 166 valence electrons. The Bertz CT molecular complexity index is 637. The zero-order chi connectivity index (χ0) is 21.1. The molecule has 4 aliphatic rings. The summed E-state index contributed by atoms with van der Waals surface area (Å²) in [6.07, 6.45) is 5.87. The molecule has 0 spiro atoms. The van der Waals surface area contributed by atoms with Crippen LogP contribution in [0.4, 0.5) is 0 Å². The van der Waals surface area contributed by atoms with Crippen LogP contribution in [-0.4, -0.2) is 44.7 Å². The van der Waals surface area contributed by atoms with Crippen molar-refractivity contribution in [2.24, 2.45) is 46.3 Å². The Labute approximate surface area is 174 Å². The van der Waals surface area contributed by atoms with E-state index in [9.17, 15) is 20.1 Å². The molecule has 0 aliphatic heterocycles. The molecule has 29 heavy (non-hydrogen) atoms. The van der Waals surface area contributed by atoms with E-state index in [-0.39, 0.29) is 35.2 Å². The van der Waals surface area contributed by atoms with E-state index in [1.54, 1.807) is 0 Å². The van der Waals surface area contributed by atoms with Gasteiger partial charge >= 0.3 is 5.97 Å². The van der Waals surface area contributed by atoms with Crippen molar-refractivity contribution in [3.8, 4) is 0 Å². The Hall–Kier alpha value is -0.650. The second-order valence-electron chi connectivity index (χ2n) is 11.5. The first kappa shape index (κ1) is 21.6. The van der Waals surface area contributed by atoms with Crippen LogP contribution in [-0.2, 0) is 4.79 Å². The van der Waals surface area contributed by atoms with Crippen molar-refractivity contribution >= 4 is 5.97 Å². The van der Waals surface area contributed by atoms with E-state index in [0.29, 0.717) is 30.1 Å². The maximum Gasteiger partial charge on any atom is 0.303 e. The Morgan fingerprint density at radius 2 is 1.59 bits per heavy atom. The fourth-order valence-corrected chi connectivity index (χ4v) is 8.77. The Balaban J connectivity index is 1.59. The quantitative estimate of drug-likeness (QED) is 0.571. The monoisotopic (exact) mass is 408 g/mol. The molecule has 4 N–H and O–H groups in total. The van der Waals surface area contributed by atoms with Crippen LogP contribution >= 0.6 is 0 Å². The number of aliphatic hydroxyl groups excluding tert-OH is 3. The molecule has 0 saturated heterocycles. The van der Waals surface area contributed by atoms with Gasteiger partial charge in [0.1, 0.15) is 0 Å². The van der Waals surface area contributed by atoms with Crippen molar-refractivity contribution in [1.82, 2.24) is 0 Å². The van der Waals surface area contributed by atoms with E-state index >= 15 is 0 Å². The van der Waals surface area contributed by atoms with Gasteiger partial charge in [0.15, 0.2) is 0 Å². The van der Waals surface area contributed by atoms with Gasteiger partial charge in [0.05, 0.1) is 18.3 Å². The number of carbonyl (C=O) groups is 1. The summed E-state index contributed by atoms with van der Waals surface area (Å²) in [7, 11) is 0. The number of hydrogen-bond donors (Lipinski definition) is 4. The summed E-state index contributed by atoms with van der Waals surface area (Å²) in [5.41, 5.74) is 0.119. The second kappa shape index (κ2) is 7.49. The summed E-state index contributed by atoms with van der Waals surface area (Å²) >= 11 is 0. The van der Waals surface area contributed by atoms with Crippen LogP contribution < -0.4 is 0 Å². The van der Waals surface area contributed by atoms with Crippen LogP contribution in [0.25, 0.3) is 0 Å². The molecule has 4 rings (SSSR count). The highest BCUT2D eigenvalue weighted by Gasteiger charge is 2.65. The van der Waals surface area contributed by atoms with Crippen LogP contribution in [0.2, 0.25) is 0 Å². The van der Waals surface area contributed by atoms with Crippen LogP contribution in [0.5, 0.6) is 0 Å². The number of carboxylic acids is 1. The Morgan fingerprint density at radius 3 is 2.28 bits per heavy atom. The first-order chi connectivity index (χ1) is 13.6. The van der Waals surface area contributed by atoms with Gasteiger partial charge in [0.25, 0.3) is 0 Å². The second-order valence-corrected chi connectivity index (χ2v) is 11.5. The standard InChI is InChI=1S/C24H40O5/c1-13(4-7-19(26)27)15-5-6-16-20-17(9-11-23(15,16)2)24(3)10-8-14(25)12-18(24)21(28)22(20)29/h13-18,20-22,25,28-29H,4-12H2,1-3H3,(H,26,27)/t13-,14-,15-,16-,17+,18-,20-,21+,22+,23-,24-/m1/s1. The molecule has 0 heterocycles. The molecule has 0 radical (unpaired) electrons. The van der Waals surface area contributed by atoms with Crippen molar-refractivity contribution in [3.05, 3.63) is 0 Å². The molecule has 0 aromatic rings. The van der Waals surface area contributed by atoms with Gasteiger partial charge in [-0.3, -0.25) is 4.79 Å². The molecule has 0 unspecified atom stereocenters. The van der Waals surface area contributed by atoms with Crippen LogP contribution in [0, 0.1) is 46.3 Å². The normalized spacial score (nSPS) is 52.9. The van der Waals surface area contributed by atoms with Gasteiger partial charge < -0.3 is 20.4 Å².